The summed E-state index contributed by atoms with van der Waals surface area (Å²) in [6.45, 7) is 1.45. The summed E-state index contributed by atoms with van der Waals surface area (Å²) in [6, 6.07) is 0. The fourth-order valence-corrected chi connectivity index (χ4v) is 2.85. The zero-order valence-electron chi connectivity index (χ0n) is 10.7. The van der Waals surface area contributed by atoms with Gasteiger partial charge >= 0.3 is 0 Å². The van der Waals surface area contributed by atoms with Gasteiger partial charge in [0.05, 0.1) is 15.7 Å². The lowest BCUT2D eigenvalue weighted by Crippen LogP contribution is -2.09. The number of halogens is 5. The predicted molar refractivity (Wildman–Crippen MR) is 89.5 cm³/mol. The van der Waals surface area contributed by atoms with Gasteiger partial charge < -0.3 is 11.1 Å². The van der Waals surface area contributed by atoms with E-state index in [1.165, 1.54) is 6.20 Å². The molecule has 1 heterocycles. The number of hydrogen-bond donors (Lipinski definition) is 2. The molecular weight excluding hydrogens is 363 g/mol. The number of nitrogens with one attached hydrogen (secondary N) is 1. The number of unbranched alkanes of at least 4 members (excludes halogenated alkanes) is 3. The Labute approximate surface area is 144 Å². The molecule has 0 aromatic carbocycles. The molecule has 0 aliphatic heterocycles. The third-order valence-electron chi connectivity index (χ3n) is 2.67. The first-order valence-electron chi connectivity index (χ1n) is 6.23. The first-order valence-corrected chi connectivity index (χ1v) is 8.12. The van der Waals surface area contributed by atoms with Crippen LogP contribution < -0.4 is 11.1 Å². The maximum absolute atomic E-state index is 6.18. The van der Waals surface area contributed by atoms with E-state index in [1.54, 1.807) is 0 Å². The van der Waals surface area contributed by atoms with Crippen molar-refractivity contribution in [3.63, 3.8) is 0 Å². The average molecular weight is 380 g/mol. The van der Waals surface area contributed by atoms with Gasteiger partial charge in [-0.25, -0.2) is 0 Å². The Balaban J connectivity index is 2.65. The van der Waals surface area contributed by atoms with Crippen molar-refractivity contribution in [1.29, 1.82) is 0 Å². The molecular formula is C12H16Cl5N3. The van der Waals surface area contributed by atoms with E-state index in [2.05, 4.69) is 10.3 Å². The van der Waals surface area contributed by atoms with E-state index >= 15 is 0 Å². The lowest BCUT2D eigenvalue weighted by Gasteiger charge is -2.16. The molecule has 1 rings (SSSR count). The topological polar surface area (TPSA) is 50.9 Å². The molecule has 0 unspecified atom stereocenters. The Kier molecular flexibility index (Phi) is 8.02. The van der Waals surface area contributed by atoms with Gasteiger partial charge in [0.2, 0.25) is 3.79 Å². The van der Waals surface area contributed by atoms with Crippen molar-refractivity contribution >= 4 is 63.7 Å². The SMILES string of the molecule is NCCCCCCNc1c(Cl)cnc(C(Cl)(Cl)Cl)c1Cl. The minimum atomic E-state index is -1.68. The van der Waals surface area contributed by atoms with Crippen LogP contribution in [-0.2, 0) is 3.79 Å². The van der Waals surface area contributed by atoms with Gasteiger partial charge in [0.1, 0.15) is 5.69 Å². The van der Waals surface area contributed by atoms with E-state index in [4.69, 9.17) is 63.7 Å². The molecule has 3 nitrogen and oxygen atoms in total. The average Bonchev–Trinajstić information content (AvgIpc) is 2.35. The Morgan fingerprint density at radius 1 is 1.10 bits per heavy atom. The maximum Gasteiger partial charge on any atom is 0.234 e. The van der Waals surface area contributed by atoms with Crippen molar-refractivity contribution in [2.24, 2.45) is 5.73 Å². The van der Waals surface area contributed by atoms with Crippen molar-refractivity contribution < 1.29 is 0 Å². The maximum atomic E-state index is 6.18. The minimum absolute atomic E-state index is 0.166. The number of nitrogens with two attached hydrogens (primary N) is 1. The summed E-state index contributed by atoms with van der Waals surface area (Å²) in [5.41, 5.74) is 6.15. The number of pyridine rings is 1. The Morgan fingerprint density at radius 2 is 1.75 bits per heavy atom. The van der Waals surface area contributed by atoms with Crippen molar-refractivity contribution in [3.05, 3.63) is 21.9 Å². The van der Waals surface area contributed by atoms with E-state index in [9.17, 15) is 0 Å². The van der Waals surface area contributed by atoms with Crippen LogP contribution in [0.1, 0.15) is 31.4 Å². The van der Waals surface area contributed by atoms with Crippen LogP contribution in [0.25, 0.3) is 0 Å². The molecule has 0 saturated heterocycles. The van der Waals surface area contributed by atoms with Crippen molar-refractivity contribution in [2.75, 3.05) is 18.4 Å². The molecule has 114 valence electrons. The molecule has 0 spiro atoms. The van der Waals surface area contributed by atoms with Gasteiger partial charge in [-0.1, -0.05) is 70.8 Å². The van der Waals surface area contributed by atoms with Gasteiger partial charge in [-0.2, -0.15) is 0 Å². The van der Waals surface area contributed by atoms with Crippen LogP contribution in [0.2, 0.25) is 10.0 Å². The Bertz CT molecular complexity index is 434. The molecule has 1 aromatic heterocycles. The van der Waals surface area contributed by atoms with Gasteiger partial charge in [-0.15, -0.1) is 0 Å². The third-order valence-corrected chi connectivity index (χ3v) is 3.87. The zero-order valence-corrected chi connectivity index (χ0v) is 14.5. The summed E-state index contributed by atoms with van der Waals surface area (Å²) in [5.74, 6) is 0. The van der Waals surface area contributed by atoms with E-state index in [0.717, 1.165) is 38.8 Å². The fourth-order valence-electron chi connectivity index (χ4n) is 1.66. The quantitative estimate of drug-likeness (QED) is 0.509. The van der Waals surface area contributed by atoms with Crippen molar-refractivity contribution in [2.45, 2.75) is 29.5 Å². The fraction of sp³-hybridized carbons (Fsp3) is 0.583. The van der Waals surface area contributed by atoms with Crippen LogP contribution >= 0.6 is 58.0 Å². The number of anilines is 1. The lowest BCUT2D eigenvalue weighted by atomic mass is 10.2. The monoisotopic (exact) mass is 377 g/mol. The first kappa shape index (κ1) is 18.4. The first-order chi connectivity index (χ1) is 9.38. The Hall–Kier alpha value is 0.360. The van der Waals surface area contributed by atoms with Gasteiger partial charge in [-0.05, 0) is 19.4 Å². The van der Waals surface area contributed by atoms with E-state index in [-0.39, 0.29) is 10.7 Å². The molecule has 0 amide bonds. The second-order valence-electron chi connectivity index (χ2n) is 4.27. The number of rotatable bonds is 7. The second-order valence-corrected chi connectivity index (χ2v) is 7.34. The summed E-state index contributed by atoms with van der Waals surface area (Å²) < 4.78 is -1.68. The highest BCUT2D eigenvalue weighted by Gasteiger charge is 2.29. The normalized spacial score (nSPS) is 11.7. The van der Waals surface area contributed by atoms with Gasteiger partial charge in [0.25, 0.3) is 0 Å². The summed E-state index contributed by atoms with van der Waals surface area (Å²) >= 11 is 29.7. The number of nitrogens with zero attached hydrogens (tertiary/aromatic N) is 1. The highest BCUT2D eigenvalue weighted by atomic mass is 35.6. The molecule has 0 atom stereocenters. The zero-order chi connectivity index (χ0) is 15.2. The Morgan fingerprint density at radius 3 is 2.35 bits per heavy atom. The third kappa shape index (κ3) is 5.63. The molecule has 20 heavy (non-hydrogen) atoms. The summed E-state index contributed by atoms with van der Waals surface area (Å²) in [4.78, 5) is 3.96. The summed E-state index contributed by atoms with van der Waals surface area (Å²) in [7, 11) is 0. The molecule has 1 aromatic rings. The standard InChI is InChI=1S/C12H16Cl5N3/c13-8-7-20-11(12(15,16)17)9(14)10(8)19-6-4-2-1-3-5-18/h7H,1-6,18H2,(H,19,20). The molecule has 8 heteroatoms. The van der Waals surface area contributed by atoms with Crippen LogP contribution in [0.5, 0.6) is 0 Å². The minimum Gasteiger partial charge on any atom is -0.383 e. The van der Waals surface area contributed by atoms with Gasteiger partial charge in [0, 0.05) is 12.7 Å². The smallest absolute Gasteiger partial charge is 0.234 e. The van der Waals surface area contributed by atoms with Crippen molar-refractivity contribution in [3.8, 4) is 0 Å². The van der Waals surface area contributed by atoms with E-state index < -0.39 is 3.79 Å². The van der Waals surface area contributed by atoms with Gasteiger partial charge in [-0.3, -0.25) is 4.98 Å². The molecule has 0 saturated carbocycles. The summed E-state index contributed by atoms with van der Waals surface area (Å²) in [5, 5.41) is 3.79. The van der Waals surface area contributed by atoms with Crippen LogP contribution in [0, 0.1) is 0 Å². The predicted octanol–water partition coefficient (Wildman–Crippen LogP) is 5.15. The largest absolute Gasteiger partial charge is 0.383 e. The molecule has 0 fully saturated rings. The summed E-state index contributed by atoms with van der Waals surface area (Å²) in [6.07, 6.45) is 5.63. The lowest BCUT2D eigenvalue weighted by molar-refractivity contribution is 0.661. The molecule has 0 radical (unpaired) electrons. The number of aromatic nitrogens is 1. The molecule has 0 aliphatic carbocycles. The second kappa shape index (κ2) is 8.72. The van der Waals surface area contributed by atoms with Gasteiger partial charge in [0.15, 0.2) is 0 Å². The van der Waals surface area contributed by atoms with Crippen LogP contribution in [-0.4, -0.2) is 18.1 Å². The highest BCUT2D eigenvalue weighted by Crippen LogP contribution is 2.44. The molecule has 0 bridgehead atoms. The number of hydrogen-bond acceptors (Lipinski definition) is 3. The van der Waals surface area contributed by atoms with Crippen LogP contribution in [0.3, 0.4) is 0 Å². The molecule has 0 aliphatic rings. The van der Waals surface area contributed by atoms with E-state index in [0.29, 0.717) is 10.7 Å². The van der Waals surface area contributed by atoms with Crippen molar-refractivity contribution in [1.82, 2.24) is 4.98 Å². The highest BCUT2D eigenvalue weighted by molar-refractivity contribution is 6.67. The van der Waals surface area contributed by atoms with Crippen LogP contribution in [0.4, 0.5) is 5.69 Å². The molecule has 3 N–H and O–H groups in total. The van der Waals surface area contributed by atoms with Crippen LogP contribution in [0.15, 0.2) is 6.20 Å². The number of alkyl halides is 3. The van der Waals surface area contributed by atoms with E-state index in [1.807, 2.05) is 0 Å².